The van der Waals surface area contributed by atoms with Crippen LogP contribution in [0.3, 0.4) is 0 Å². The molecule has 0 saturated carbocycles. The molecule has 1 atom stereocenters. The molecule has 0 aromatic carbocycles. The third-order valence-corrected chi connectivity index (χ3v) is 3.95. The molecule has 3 heteroatoms. The van der Waals surface area contributed by atoms with Crippen LogP contribution in [0.15, 0.2) is 0 Å². The van der Waals surface area contributed by atoms with Gasteiger partial charge < -0.3 is 15.0 Å². The van der Waals surface area contributed by atoms with Crippen molar-refractivity contribution in [2.75, 3.05) is 46.4 Å². The van der Waals surface area contributed by atoms with Gasteiger partial charge in [0.25, 0.3) is 0 Å². The summed E-state index contributed by atoms with van der Waals surface area (Å²) in [5.74, 6) is 1.76. The first-order chi connectivity index (χ1) is 7.88. The van der Waals surface area contributed by atoms with Crippen molar-refractivity contribution in [3.63, 3.8) is 0 Å². The van der Waals surface area contributed by atoms with Gasteiger partial charge in [-0.1, -0.05) is 0 Å². The molecule has 0 amide bonds. The Kier molecular flexibility index (Phi) is 5.07. The van der Waals surface area contributed by atoms with Gasteiger partial charge in [0, 0.05) is 26.3 Å². The van der Waals surface area contributed by atoms with E-state index in [-0.39, 0.29) is 0 Å². The summed E-state index contributed by atoms with van der Waals surface area (Å²) in [6, 6.07) is 0. The van der Waals surface area contributed by atoms with E-state index in [4.69, 9.17) is 4.74 Å². The Hall–Kier alpha value is -0.120. The Morgan fingerprint density at radius 3 is 2.75 bits per heavy atom. The molecule has 16 heavy (non-hydrogen) atoms. The predicted octanol–water partition coefficient (Wildman–Crippen LogP) is 1.34. The van der Waals surface area contributed by atoms with Crippen LogP contribution in [-0.2, 0) is 4.74 Å². The number of likely N-dealkylation sites (tertiary alicyclic amines) is 1. The molecule has 0 radical (unpaired) electrons. The van der Waals surface area contributed by atoms with Crippen LogP contribution in [0.4, 0.5) is 0 Å². The zero-order valence-electron chi connectivity index (χ0n) is 10.6. The minimum atomic E-state index is 0.874. The van der Waals surface area contributed by atoms with Crippen LogP contribution in [0.25, 0.3) is 0 Å². The minimum absolute atomic E-state index is 0.874. The SMILES string of the molecule is CNCC1CCCN(CC2CCOCC2)C1. The number of ether oxygens (including phenoxy) is 1. The molecular formula is C13H26N2O. The second-order valence-electron chi connectivity index (χ2n) is 5.38. The monoisotopic (exact) mass is 226 g/mol. The van der Waals surface area contributed by atoms with Gasteiger partial charge in [-0.25, -0.2) is 0 Å². The minimum Gasteiger partial charge on any atom is -0.381 e. The lowest BCUT2D eigenvalue weighted by Gasteiger charge is -2.36. The van der Waals surface area contributed by atoms with Gasteiger partial charge in [-0.05, 0) is 57.7 Å². The summed E-state index contributed by atoms with van der Waals surface area (Å²) in [6.07, 6.45) is 5.33. The van der Waals surface area contributed by atoms with Crippen molar-refractivity contribution in [2.45, 2.75) is 25.7 Å². The van der Waals surface area contributed by atoms with E-state index in [2.05, 4.69) is 17.3 Å². The molecule has 0 aliphatic carbocycles. The van der Waals surface area contributed by atoms with Crippen LogP contribution in [0.1, 0.15) is 25.7 Å². The Bertz CT molecular complexity index is 190. The first kappa shape index (κ1) is 12.3. The van der Waals surface area contributed by atoms with Crippen LogP contribution in [-0.4, -0.2) is 51.3 Å². The molecule has 2 saturated heterocycles. The van der Waals surface area contributed by atoms with E-state index in [1.807, 2.05) is 0 Å². The molecule has 2 rings (SSSR count). The van der Waals surface area contributed by atoms with Crippen molar-refractivity contribution in [1.82, 2.24) is 10.2 Å². The molecule has 3 nitrogen and oxygen atoms in total. The number of nitrogens with zero attached hydrogens (tertiary/aromatic N) is 1. The first-order valence-electron chi connectivity index (χ1n) is 6.83. The molecule has 2 heterocycles. The van der Waals surface area contributed by atoms with Crippen molar-refractivity contribution in [3.05, 3.63) is 0 Å². The van der Waals surface area contributed by atoms with Gasteiger partial charge in [0.2, 0.25) is 0 Å². The molecule has 0 spiro atoms. The smallest absolute Gasteiger partial charge is 0.0469 e. The third kappa shape index (κ3) is 3.72. The van der Waals surface area contributed by atoms with Crippen LogP contribution in [0.2, 0.25) is 0 Å². The number of piperidine rings is 1. The molecule has 2 aliphatic rings. The molecule has 94 valence electrons. The topological polar surface area (TPSA) is 24.5 Å². The van der Waals surface area contributed by atoms with E-state index >= 15 is 0 Å². The Labute approximate surface area is 99.5 Å². The number of rotatable bonds is 4. The van der Waals surface area contributed by atoms with Gasteiger partial charge in [-0.3, -0.25) is 0 Å². The molecule has 0 aromatic rings. The van der Waals surface area contributed by atoms with Gasteiger partial charge in [0.05, 0.1) is 0 Å². The highest BCUT2D eigenvalue weighted by atomic mass is 16.5. The highest BCUT2D eigenvalue weighted by Crippen LogP contribution is 2.21. The Morgan fingerprint density at radius 1 is 1.19 bits per heavy atom. The number of nitrogens with one attached hydrogen (secondary N) is 1. The van der Waals surface area contributed by atoms with Crippen LogP contribution < -0.4 is 5.32 Å². The molecule has 2 fully saturated rings. The van der Waals surface area contributed by atoms with Crippen molar-refractivity contribution >= 4 is 0 Å². The second kappa shape index (κ2) is 6.58. The highest BCUT2D eigenvalue weighted by molar-refractivity contribution is 4.77. The Balaban J connectivity index is 1.71. The molecule has 0 aromatic heterocycles. The van der Waals surface area contributed by atoms with E-state index in [1.54, 1.807) is 0 Å². The average molecular weight is 226 g/mol. The van der Waals surface area contributed by atoms with Gasteiger partial charge >= 0.3 is 0 Å². The predicted molar refractivity (Wildman–Crippen MR) is 66.6 cm³/mol. The lowest BCUT2D eigenvalue weighted by Crippen LogP contribution is -2.42. The highest BCUT2D eigenvalue weighted by Gasteiger charge is 2.22. The number of hydrogen-bond acceptors (Lipinski definition) is 3. The van der Waals surface area contributed by atoms with E-state index in [1.165, 1.54) is 51.9 Å². The van der Waals surface area contributed by atoms with E-state index < -0.39 is 0 Å². The standard InChI is InChI=1S/C13H26N2O/c1-14-9-13-3-2-6-15(11-13)10-12-4-7-16-8-5-12/h12-14H,2-11H2,1H3. The summed E-state index contributed by atoms with van der Waals surface area (Å²) in [5, 5.41) is 3.31. The van der Waals surface area contributed by atoms with E-state index in [0.717, 1.165) is 25.0 Å². The van der Waals surface area contributed by atoms with Gasteiger partial charge in [-0.2, -0.15) is 0 Å². The molecular weight excluding hydrogens is 200 g/mol. The fourth-order valence-corrected chi connectivity index (χ4v) is 3.07. The maximum atomic E-state index is 5.42. The normalized spacial score (nSPS) is 29.4. The largest absolute Gasteiger partial charge is 0.381 e. The lowest BCUT2D eigenvalue weighted by molar-refractivity contribution is 0.0453. The zero-order chi connectivity index (χ0) is 11.2. The van der Waals surface area contributed by atoms with Gasteiger partial charge in [-0.15, -0.1) is 0 Å². The Morgan fingerprint density at radius 2 is 2.00 bits per heavy atom. The molecule has 0 bridgehead atoms. The quantitative estimate of drug-likeness (QED) is 0.783. The fourth-order valence-electron chi connectivity index (χ4n) is 3.07. The maximum absolute atomic E-state index is 5.42. The first-order valence-corrected chi connectivity index (χ1v) is 6.83. The van der Waals surface area contributed by atoms with Crippen molar-refractivity contribution in [2.24, 2.45) is 11.8 Å². The van der Waals surface area contributed by atoms with Gasteiger partial charge in [0.1, 0.15) is 0 Å². The van der Waals surface area contributed by atoms with Crippen molar-refractivity contribution < 1.29 is 4.74 Å². The van der Waals surface area contributed by atoms with Crippen molar-refractivity contribution in [3.8, 4) is 0 Å². The third-order valence-electron chi connectivity index (χ3n) is 3.95. The van der Waals surface area contributed by atoms with Crippen LogP contribution >= 0.6 is 0 Å². The van der Waals surface area contributed by atoms with E-state index in [0.29, 0.717) is 0 Å². The van der Waals surface area contributed by atoms with Crippen molar-refractivity contribution in [1.29, 1.82) is 0 Å². The summed E-state index contributed by atoms with van der Waals surface area (Å²) < 4.78 is 5.42. The molecule has 2 aliphatic heterocycles. The summed E-state index contributed by atoms with van der Waals surface area (Å²) in [7, 11) is 2.07. The fraction of sp³-hybridized carbons (Fsp3) is 1.00. The second-order valence-corrected chi connectivity index (χ2v) is 5.38. The average Bonchev–Trinajstić information content (AvgIpc) is 2.31. The van der Waals surface area contributed by atoms with Crippen LogP contribution in [0.5, 0.6) is 0 Å². The molecule has 1 unspecified atom stereocenters. The summed E-state index contributed by atoms with van der Waals surface area (Å²) in [4.78, 5) is 2.68. The maximum Gasteiger partial charge on any atom is 0.0469 e. The summed E-state index contributed by atoms with van der Waals surface area (Å²) in [6.45, 7) is 7.08. The van der Waals surface area contributed by atoms with Crippen LogP contribution in [0, 0.1) is 11.8 Å². The van der Waals surface area contributed by atoms with E-state index in [9.17, 15) is 0 Å². The number of hydrogen-bond donors (Lipinski definition) is 1. The van der Waals surface area contributed by atoms with Gasteiger partial charge in [0.15, 0.2) is 0 Å². The summed E-state index contributed by atoms with van der Waals surface area (Å²) >= 11 is 0. The zero-order valence-corrected chi connectivity index (χ0v) is 10.6. The lowest BCUT2D eigenvalue weighted by atomic mass is 9.94. The molecule has 1 N–H and O–H groups in total. The summed E-state index contributed by atoms with van der Waals surface area (Å²) in [5.41, 5.74) is 0.